The van der Waals surface area contributed by atoms with Crippen molar-refractivity contribution in [2.24, 2.45) is 10.9 Å². The van der Waals surface area contributed by atoms with Crippen LogP contribution in [0.4, 0.5) is 0 Å². The predicted molar refractivity (Wildman–Crippen MR) is 78.8 cm³/mol. The number of benzene rings is 1. The second-order valence-electron chi connectivity index (χ2n) is 4.26. The zero-order valence-corrected chi connectivity index (χ0v) is 12.3. The van der Waals surface area contributed by atoms with Gasteiger partial charge >= 0.3 is 0 Å². The van der Waals surface area contributed by atoms with Crippen LogP contribution in [0.15, 0.2) is 23.4 Å². The third-order valence-electron chi connectivity index (χ3n) is 3.09. The zero-order valence-electron chi connectivity index (χ0n) is 12.3. The Balaban J connectivity index is 2.74. The molecular formula is C14H23N3O3. The third kappa shape index (κ3) is 4.62. The molecule has 20 heavy (non-hydrogen) atoms. The summed E-state index contributed by atoms with van der Waals surface area (Å²) in [4.78, 5) is 2.27. The lowest BCUT2D eigenvalue weighted by molar-refractivity contribution is 0.222. The summed E-state index contributed by atoms with van der Waals surface area (Å²) in [7, 11) is 1.56. The molecule has 6 heteroatoms. The van der Waals surface area contributed by atoms with E-state index in [2.05, 4.69) is 23.9 Å². The van der Waals surface area contributed by atoms with Gasteiger partial charge in [0, 0.05) is 18.2 Å². The van der Waals surface area contributed by atoms with Crippen molar-refractivity contribution in [1.29, 1.82) is 0 Å². The van der Waals surface area contributed by atoms with E-state index >= 15 is 0 Å². The van der Waals surface area contributed by atoms with Crippen LogP contribution < -0.4 is 15.2 Å². The molecule has 0 saturated carbocycles. The third-order valence-corrected chi connectivity index (χ3v) is 3.09. The van der Waals surface area contributed by atoms with E-state index in [4.69, 9.17) is 20.4 Å². The molecule has 0 spiro atoms. The summed E-state index contributed by atoms with van der Waals surface area (Å²) < 4.78 is 10.9. The van der Waals surface area contributed by atoms with Crippen LogP contribution in [0.25, 0.3) is 0 Å². The van der Waals surface area contributed by atoms with Crippen LogP contribution in [0.5, 0.6) is 11.5 Å². The van der Waals surface area contributed by atoms with Crippen molar-refractivity contribution < 1.29 is 14.7 Å². The first-order valence-electron chi connectivity index (χ1n) is 6.66. The number of oxime groups is 1. The van der Waals surface area contributed by atoms with E-state index in [1.807, 2.05) is 0 Å². The van der Waals surface area contributed by atoms with E-state index in [1.54, 1.807) is 25.3 Å². The Kier molecular flexibility index (Phi) is 6.66. The lowest BCUT2D eigenvalue weighted by Gasteiger charge is -2.18. The number of methoxy groups -OCH3 is 1. The van der Waals surface area contributed by atoms with Crippen LogP contribution in [0.3, 0.4) is 0 Å². The maximum atomic E-state index is 8.73. The monoisotopic (exact) mass is 281 g/mol. The van der Waals surface area contributed by atoms with E-state index < -0.39 is 0 Å². The van der Waals surface area contributed by atoms with Crippen molar-refractivity contribution in [3.8, 4) is 11.5 Å². The quantitative estimate of drug-likeness (QED) is 0.327. The van der Waals surface area contributed by atoms with Gasteiger partial charge in [0.25, 0.3) is 0 Å². The van der Waals surface area contributed by atoms with Crippen molar-refractivity contribution >= 4 is 5.84 Å². The normalized spacial score (nSPS) is 11.7. The van der Waals surface area contributed by atoms with Crippen LogP contribution in [-0.4, -0.2) is 49.3 Å². The average molecular weight is 281 g/mol. The van der Waals surface area contributed by atoms with Gasteiger partial charge in [0.15, 0.2) is 5.84 Å². The van der Waals surface area contributed by atoms with Crippen LogP contribution in [-0.2, 0) is 0 Å². The smallest absolute Gasteiger partial charge is 0.170 e. The van der Waals surface area contributed by atoms with Gasteiger partial charge in [0.1, 0.15) is 18.1 Å². The van der Waals surface area contributed by atoms with Crippen LogP contribution >= 0.6 is 0 Å². The maximum absolute atomic E-state index is 8.73. The summed E-state index contributed by atoms with van der Waals surface area (Å²) in [6, 6.07) is 5.18. The molecule has 3 N–H and O–H groups in total. The van der Waals surface area contributed by atoms with Crippen molar-refractivity contribution in [3.63, 3.8) is 0 Å². The van der Waals surface area contributed by atoms with Crippen LogP contribution in [0.2, 0.25) is 0 Å². The molecule has 0 aliphatic carbocycles. The molecule has 0 amide bonds. The highest BCUT2D eigenvalue weighted by Gasteiger charge is 2.07. The van der Waals surface area contributed by atoms with E-state index in [0.29, 0.717) is 23.7 Å². The van der Waals surface area contributed by atoms with Crippen molar-refractivity contribution in [1.82, 2.24) is 4.90 Å². The minimum absolute atomic E-state index is 0.0255. The molecule has 112 valence electrons. The number of nitrogens with two attached hydrogens (primary N) is 1. The first kappa shape index (κ1) is 16.1. The molecule has 0 saturated heterocycles. The first-order valence-corrected chi connectivity index (χ1v) is 6.66. The van der Waals surface area contributed by atoms with Gasteiger partial charge in [-0.15, -0.1) is 0 Å². The molecule has 6 nitrogen and oxygen atoms in total. The lowest BCUT2D eigenvalue weighted by Crippen LogP contribution is -2.27. The highest BCUT2D eigenvalue weighted by atomic mass is 16.5. The fourth-order valence-electron chi connectivity index (χ4n) is 1.81. The minimum Gasteiger partial charge on any atom is -0.497 e. The lowest BCUT2D eigenvalue weighted by atomic mass is 10.2. The number of hydrogen-bond acceptors (Lipinski definition) is 5. The summed E-state index contributed by atoms with van der Waals surface area (Å²) in [5.41, 5.74) is 6.15. The predicted octanol–water partition coefficient (Wildman–Crippen LogP) is 1.51. The second kappa shape index (κ2) is 8.27. The Morgan fingerprint density at radius 1 is 1.25 bits per heavy atom. The zero-order chi connectivity index (χ0) is 15.0. The Hall–Kier alpha value is -1.95. The van der Waals surface area contributed by atoms with Gasteiger partial charge in [-0.05, 0) is 25.2 Å². The number of hydrogen-bond donors (Lipinski definition) is 2. The molecule has 0 radical (unpaired) electrons. The molecule has 1 aromatic carbocycles. The van der Waals surface area contributed by atoms with Gasteiger partial charge in [-0.1, -0.05) is 19.0 Å². The summed E-state index contributed by atoms with van der Waals surface area (Å²) >= 11 is 0. The number of ether oxygens (including phenoxy) is 2. The molecule has 1 rings (SSSR count). The Labute approximate surface area is 119 Å². The molecule has 0 heterocycles. The van der Waals surface area contributed by atoms with E-state index in [9.17, 15) is 0 Å². The Morgan fingerprint density at radius 3 is 2.45 bits per heavy atom. The largest absolute Gasteiger partial charge is 0.497 e. The molecule has 0 bridgehead atoms. The van der Waals surface area contributed by atoms with Crippen molar-refractivity contribution in [3.05, 3.63) is 23.8 Å². The van der Waals surface area contributed by atoms with Gasteiger partial charge in [-0.25, -0.2) is 0 Å². The number of amidine groups is 1. The van der Waals surface area contributed by atoms with Gasteiger partial charge in [-0.3, -0.25) is 0 Å². The number of nitrogens with zero attached hydrogens (tertiary/aromatic N) is 2. The number of rotatable bonds is 8. The molecular weight excluding hydrogens is 258 g/mol. The van der Waals surface area contributed by atoms with E-state index in [1.165, 1.54) is 0 Å². The van der Waals surface area contributed by atoms with Gasteiger partial charge in [0.05, 0.1) is 7.11 Å². The molecule has 0 aliphatic heterocycles. The fourth-order valence-corrected chi connectivity index (χ4v) is 1.81. The topological polar surface area (TPSA) is 80.3 Å². The molecule has 1 aromatic rings. The van der Waals surface area contributed by atoms with E-state index in [-0.39, 0.29) is 5.84 Å². The summed E-state index contributed by atoms with van der Waals surface area (Å²) in [6.07, 6.45) is 0. The highest BCUT2D eigenvalue weighted by molar-refractivity contribution is 5.97. The van der Waals surface area contributed by atoms with Crippen molar-refractivity contribution in [2.75, 3.05) is 33.4 Å². The molecule has 0 atom stereocenters. The molecule has 0 aliphatic rings. The van der Waals surface area contributed by atoms with Crippen LogP contribution in [0.1, 0.15) is 19.4 Å². The fraction of sp³-hybridized carbons (Fsp3) is 0.500. The van der Waals surface area contributed by atoms with Gasteiger partial charge in [0.2, 0.25) is 0 Å². The summed E-state index contributed by atoms with van der Waals surface area (Å²) in [6.45, 7) is 7.64. The van der Waals surface area contributed by atoms with Gasteiger partial charge in [-0.2, -0.15) is 0 Å². The Morgan fingerprint density at radius 2 is 1.90 bits per heavy atom. The SMILES string of the molecule is CCN(CC)CCOc1cc(OC)cc(/C(N)=N/O)c1. The highest BCUT2D eigenvalue weighted by Crippen LogP contribution is 2.22. The minimum atomic E-state index is 0.0255. The maximum Gasteiger partial charge on any atom is 0.170 e. The van der Waals surface area contributed by atoms with Gasteiger partial charge < -0.3 is 25.3 Å². The summed E-state index contributed by atoms with van der Waals surface area (Å²) in [5, 5.41) is 11.7. The van der Waals surface area contributed by atoms with Crippen molar-refractivity contribution in [2.45, 2.75) is 13.8 Å². The average Bonchev–Trinajstić information content (AvgIpc) is 2.50. The summed E-state index contributed by atoms with van der Waals surface area (Å²) in [5.74, 6) is 1.27. The molecule has 0 unspecified atom stereocenters. The second-order valence-corrected chi connectivity index (χ2v) is 4.26. The molecule has 0 fully saturated rings. The van der Waals surface area contributed by atoms with E-state index in [0.717, 1.165) is 19.6 Å². The molecule has 0 aromatic heterocycles. The van der Waals surface area contributed by atoms with Crippen LogP contribution in [0, 0.1) is 0 Å². The first-order chi connectivity index (χ1) is 9.64. The standard InChI is InChI=1S/C14H23N3O3/c1-4-17(5-2)6-7-20-13-9-11(14(15)16-18)8-12(10-13)19-3/h8-10,18H,4-7H2,1-3H3,(H2,15,16). The Bertz CT molecular complexity index is 445. The number of likely N-dealkylation sites (N-methyl/N-ethyl adjacent to an activating group) is 1.